The maximum atomic E-state index is 11.7. The van der Waals surface area contributed by atoms with E-state index >= 15 is 0 Å². The minimum absolute atomic E-state index is 0.0505. The second-order valence-electron chi connectivity index (χ2n) is 4.27. The van der Waals surface area contributed by atoms with Crippen molar-refractivity contribution in [3.05, 3.63) is 16.1 Å². The number of aliphatic hydroxyl groups is 1. The Balaban J connectivity index is 2.55. The molecule has 0 saturated carbocycles. The van der Waals surface area contributed by atoms with Crippen molar-refractivity contribution in [2.24, 2.45) is 5.41 Å². The van der Waals surface area contributed by atoms with Crippen LogP contribution in [0.1, 0.15) is 29.2 Å². The van der Waals surface area contributed by atoms with Gasteiger partial charge in [0.1, 0.15) is 4.88 Å². The lowest BCUT2D eigenvalue weighted by atomic mass is 9.95. The van der Waals surface area contributed by atoms with Crippen molar-refractivity contribution >= 4 is 17.2 Å². The molecule has 1 heterocycles. The molecule has 0 aliphatic carbocycles. The van der Waals surface area contributed by atoms with Crippen molar-refractivity contribution in [2.75, 3.05) is 13.2 Å². The number of aliphatic hydroxyl groups excluding tert-OH is 1. The zero-order chi connectivity index (χ0) is 11.5. The van der Waals surface area contributed by atoms with E-state index in [4.69, 9.17) is 5.11 Å². The van der Waals surface area contributed by atoms with Gasteiger partial charge in [-0.3, -0.25) is 4.79 Å². The molecular weight excluding hydrogens is 212 g/mol. The second kappa shape index (κ2) is 4.72. The third-order valence-electron chi connectivity index (χ3n) is 2.11. The Kier molecular flexibility index (Phi) is 3.82. The number of aromatic nitrogens is 1. The SMILES string of the molecule is Cc1ncsc1C(=O)NCC(C)(C)CO. The summed E-state index contributed by atoms with van der Waals surface area (Å²) in [5.74, 6) is -0.114. The molecule has 15 heavy (non-hydrogen) atoms. The second-order valence-corrected chi connectivity index (χ2v) is 5.13. The molecule has 0 spiro atoms. The Bertz CT molecular complexity index is 347. The molecule has 1 rings (SSSR count). The summed E-state index contributed by atoms with van der Waals surface area (Å²) in [5, 5.41) is 11.8. The van der Waals surface area contributed by atoms with Crippen LogP contribution in [0.15, 0.2) is 5.51 Å². The first-order valence-electron chi connectivity index (χ1n) is 4.75. The molecule has 0 saturated heterocycles. The molecule has 0 aromatic carbocycles. The van der Waals surface area contributed by atoms with Crippen molar-refractivity contribution in [1.29, 1.82) is 0 Å². The summed E-state index contributed by atoms with van der Waals surface area (Å²) < 4.78 is 0. The van der Waals surface area contributed by atoms with Gasteiger partial charge in [-0.25, -0.2) is 4.98 Å². The number of amides is 1. The Morgan fingerprint density at radius 2 is 2.33 bits per heavy atom. The van der Waals surface area contributed by atoms with Gasteiger partial charge in [-0.05, 0) is 6.92 Å². The lowest BCUT2D eigenvalue weighted by Gasteiger charge is -2.21. The smallest absolute Gasteiger partial charge is 0.263 e. The van der Waals surface area contributed by atoms with Gasteiger partial charge in [0.25, 0.3) is 5.91 Å². The van der Waals surface area contributed by atoms with Crippen molar-refractivity contribution in [3.8, 4) is 0 Å². The molecule has 84 valence electrons. The molecule has 4 nitrogen and oxygen atoms in total. The van der Waals surface area contributed by atoms with E-state index in [1.165, 1.54) is 11.3 Å². The van der Waals surface area contributed by atoms with Crippen molar-refractivity contribution in [1.82, 2.24) is 10.3 Å². The van der Waals surface area contributed by atoms with E-state index in [2.05, 4.69) is 10.3 Å². The molecule has 0 aliphatic heterocycles. The summed E-state index contributed by atoms with van der Waals surface area (Å²) in [5.41, 5.74) is 2.12. The van der Waals surface area contributed by atoms with E-state index in [1.54, 1.807) is 5.51 Å². The average molecular weight is 228 g/mol. The molecule has 0 bridgehead atoms. The fraction of sp³-hybridized carbons (Fsp3) is 0.600. The Morgan fingerprint density at radius 3 is 2.80 bits per heavy atom. The highest BCUT2D eigenvalue weighted by Gasteiger charge is 2.19. The Morgan fingerprint density at radius 1 is 1.67 bits per heavy atom. The largest absolute Gasteiger partial charge is 0.396 e. The maximum absolute atomic E-state index is 11.7. The molecule has 0 fully saturated rings. The summed E-state index contributed by atoms with van der Waals surface area (Å²) in [4.78, 5) is 16.3. The molecule has 5 heteroatoms. The first kappa shape index (κ1) is 12.1. The van der Waals surface area contributed by atoms with Crippen LogP contribution in [0.3, 0.4) is 0 Å². The molecule has 0 unspecified atom stereocenters. The quantitative estimate of drug-likeness (QED) is 0.814. The van der Waals surface area contributed by atoms with Gasteiger partial charge in [0.2, 0.25) is 0 Å². The molecule has 0 radical (unpaired) electrons. The summed E-state index contributed by atoms with van der Waals surface area (Å²) >= 11 is 1.33. The number of carbonyl (C=O) groups excluding carboxylic acids is 1. The first-order chi connectivity index (χ1) is 6.96. The Hall–Kier alpha value is -0.940. The van der Waals surface area contributed by atoms with E-state index in [0.29, 0.717) is 11.4 Å². The number of thiazole rings is 1. The number of carbonyl (C=O) groups is 1. The predicted octanol–water partition coefficient (Wildman–Crippen LogP) is 1.20. The fourth-order valence-electron chi connectivity index (χ4n) is 0.976. The van der Waals surface area contributed by atoms with Crippen LogP contribution in [-0.2, 0) is 0 Å². The van der Waals surface area contributed by atoms with Crippen LogP contribution in [-0.4, -0.2) is 29.1 Å². The van der Waals surface area contributed by atoms with E-state index in [9.17, 15) is 4.79 Å². The van der Waals surface area contributed by atoms with Crippen LogP contribution >= 0.6 is 11.3 Å². The van der Waals surface area contributed by atoms with Gasteiger partial charge in [-0.2, -0.15) is 0 Å². The van der Waals surface area contributed by atoms with Gasteiger partial charge in [-0.15, -0.1) is 11.3 Å². The number of hydrogen-bond donors (Lipinski definition) is 2. The van der Waals surface area contributed by atoms with Crippen LogP contribution in [0.5, 0.6) is 0 Å². The van der Waals surface area contributed by atoms with Crippen LogP contribution in [0, 0.1) is 12.3 Å². The van der Waals surface area contributed by atoms with Crippen molar-refractivity contribution in [2.45, 2.75) is 20.8 Å². The molecule has 1 amide bonds. The zero-order valence-electron chi connectivity index (χ0n) is 9.20. The van der Waals surface area contributed by atoms with E-state index in [1.807, 2.05) is 20.8 Å². The lowest BCUT2D eigenvalue weighted by molar-refractivity contribution is 0.0914. The van der Waals surface area contributed by atoms with Crippen LogP contribution in [0.4, 0.5) is 0 Å². The van der Waals surface area contributed by atoms with E-state index in [-0.39, 0.29) is 17.9 Å². The molecule has 0 aliphatic rings. The summed E-state index contributed by atoms with van der Waals surface area (Å²) in [6, 6.07) is 0. The highest BCUT2D eigenvalue weighted by atomic mass is 32.1. The molecular formula is C10H16N2O2S. The number of nitrogens with one attached hydrogen (secondary N) is 1. The summed E-state index contributed by atoms with van der Waals surface area (Å²) in [7, 11) is 0. The van der Waals surface area contributed by atoms with Crippen molar-refractivity contribution in [3.63, 3.8) is 0 Å². The topological polar surface area (TPSA) is 62.2 Å². The normalized spacial score (nSPS) is 11.5. The molecule has 1 aromatic rings. The minimum atomic E-state index is -0.283. The van der Waals surface area contributed by atoms with Crippen LogP contribution in [0.25, 0.3) is 0 Å². The minimum Gasteiger partial charge on any atom is -0.396 e. The number of aryl methyl sites for hydroxylation is 1. The zero-order valence-corrected chi connectivity index (χ0v) is 10.0. The maximum Gasteiger partial charge on any atom is 0.263 e. The van der Waals surface area contributed by atoms with Gasteiger partial charge in [0, 0.05) is 18.6 Å². The van der Waals surface area contributed by atoms with Gasteiger partial charge in [0.15, 0.2) is 0 Å². The third-order valence-corrected chi connectivity index (χ3v) is 3.03. The lowest BCUT2D eigenvalue weighted by Crippen LogP contribution is -2.35. The molecule has 2 N–H and O–H groups in total. The van der Waals surface area contributed by atoms with Gasteiger partial charge in [0.05, 0.1) is 11.2 Å². The third kappa shape index (κ3) is 3.28. The number of nitrogens with zero attached hydrogens (tertiary/aromatic N) is 1. The van der Waals surface area contributed by atoms with Crippen molar-refractivity contribution < 1.29 is 9.90 Å². The monoisotopic (exact) mass is 228 g/mol. The number of hydrogen-bond acceptors (Lipinski definition) is 4. The predicted molar refractivity (Wildman–Crippen MR) is 60.1 cm³/mol. The number of rotatable bonds is 4. The standard InChI is InChI=1S/C10H16N2O2S/c1-7-8(15-6-12-7)9(14)11-4-10(2,3)5-13/h6,13H,4-5H2,1-3H3,(H,11,14). The summed E-state index contributed by atoms with van der Waals surface area (Å²) in [6.45, 7) is 6.11. The summed E-state index contributed by atoms with van der Waals surface area (Å²) in [6.07, 6.45) is 0. The highest BCUT2D eigenvalue weighted by Crippen LogP contribution is 2.14. The van der Waals surface area contributed by atoms with Gasteiger partial charge < -0.3 is 10.4 Å². The average Bonchev–Trinajstić information content (AvgIpc) is 2.61. The van der Waals surface area contributed by atoms with E-state index in [0.717, 1.165) is 5.69 Å². The highest BCUT2D eigenvalue weighted by molar-refractivity contribution is 7.11. The molecule has 0 atom stereocenters. The Labute approximate surface area is 93.4 Å². The van der Waals surface area contributed by atoms with E-state index < -0.39 is 0 Å². The molecule has 1 aromatic heterocycles. The van der Waals surface area contributed by atoms with Crippen LogP contribution < -0.4 is 5.32 Å². The van der Waals surface area contributed by atoms with Gasteiger partial charge >= 0.3 is 0 Å². The van der Waals surface area contributed by atoms with Crippen LogP contribution in [0.2, 0.25) is 0 Å². The fourth-order valence-corrected chi connectivity index (χ4v) is 1.69. The first-order valence-corrected chi connectivity index (χ1v) is 5.63. The van der Waals surface area contributed by atoms with Gasteiger partial charge in [-0.1, -0.05) is 13.8 Å².